The molecule has 2 heteroatoms. The summed E-state index contributed by atoms with van der Waals surface area (Å²) in [5.74, 6) is 0. The summed E-state index contributed by atoms with van der Waals surface area (Å²) in [6, 6.07) is 0.534. The van der Waals surface area contributed by atoms with Crippen LogP contribution >= 0.6 is 0 Å². The Morgan fingerprint density at radius 3 is 2.38 bits per heavy atom. The number of nitrogens with zero attached hydrogens (tertiary/aromatic N) is 1. The molecule has 0 fully saturated rings. The van der Waals surface area contributed by atoms with Crippen LogP contribution in [0.15, 0.2) is 12.2 Å². The van der Waals surface area contributed by atoms with Crippen LogP contribution in [-0.4, -0.2) is 30.6 Å². The molecule has 2 N–H and O–H groups in total. The molecule has 0 aliphatic carbocycles. The van der Waals surface area contributed by atoms with Crippen molar-refractivity contribution in [2.75, 3.05) is 19.6 Å². The van der Waals surface area contributed by atoms with E-state index in [4.69, 9.17) is 5.73 Å². The molecular formula is C11H24N2. The molecule has 0 aromatic carbocycles. The number of likely N-dealkylation sites (N-methyl/N-ethyl adjacent to an activating group) is 1. The fraction of sp³-hybridized carbons (Fsp3) is 0.818. The van der Waals surface area contributed by atoms with Crippen LogP contribution in [0, 0.1) is 0 Å². The van der Waals surface area contributed by atoms with Crippen LogP contribution in [0.3, 0.4) is 0 Å². The Bertz CT molecular complexity index is 143. The molecule has 78 valence electrons. The summed E-state index contributed by atoms with van der Waals surface area (Å²) in [5, 5.41) is 0. The molecule has 0 aliphatic heterocycles. The summed E-state index contributed by atoms with van der Waals surface area (Å²) >= 11 is 0. The normalized spacial score (nSPS) is 13.3. The predicted molar refractivity (Wildman–Crippen MR) is 59.8 cm³/mol. The third-order valence-electron chi connectivity index (χ3n) is 2.29. The van der Waals surface area contributed by atoms with Gasteiger partial charge in [-0.3, -0.25) is 4.90 Å². The molecule has 0 aliphatic rings. The third kappa shape index (κ3) is 5.06. The Morgan fingerprint density at radius 2 is 2.08 bits per heavy atom. The van der Waals surface area contributed by atoms with Gasteiger partial charge in [0.2, 0.25) is 0 Å². The van der Waals surface area contributed by atoms with Crippen LogP contribution in [0.2, 0.25) is 0 Å². The molecule has 0 aromatic rings. The van der Waals surface area contributed by atoms with E-state index in [1.165, 1.54) is 18.4 Å². The molecule has 1 atom stereocenters. The molecule has 2 nitrogen and oxygen atoms in total. The zero-order chi connectivity index (χ0) is 10.3. The lowest BCUT2D eigenvalue weighted by Gasteiger charge is -2.29. The summed E-state index contributed by atoms with van der Waals surface area (Å²) in [6.07, 6.45) is 2.40. The first kappa shape index (κ1) is 12.7. The third-order valence-corrected chi connectivity index (χ3v) is 2.29. The molecule has 0 heterocycles. The van der Waals surface area contributed by atoms with Crippen molar-refractivity contribution in [3.63, 3.8) is 0 Å². The van der Waals surface area contributed by atoms with Crippen molar-refractivity contribution in [2.45, 2.75) is 39.7 Å². The zero-order valence-corrected chi connectivity index (χ0v) is 9.34. The molecule has 0 saturated heterocycles. The lowest BCUT2D eigenvalue weighted by atomic mass is 10.1. The summed E-state index contributed by atoms with van der Waals surface area (Å²) in [4.78, 5) is 2.41. The maximum absolute atomic E-state index is 5.74. The van der Waals surface area contributed by atoms with Crippen LogP contribution in [0.1, 0.15) is 33.6 Å². The average molecular weight is 184 g/mol. The van der Waals surface area contributed by atoms with E-state index in [-0.39, 0.29) is 0 Å². The Kier molecular flexibility index (Phi) is 6.92. The van der Waals surface area contributed by atoms with Gasteiger partial charge in [0.05, 0.1) is 0 Å². The molecule has 0 spiro atoms. The van der Waals surface area contributed by atoms with Gasteiger partial charge in [0.25, 0.3) is 0 Å². The second kappa shape index (κ2) is 7.10. The van der Waals surface area contributed by atoms with E-state index < -0.39 is 0 Å². The van der Waals surface area contributed by atoms with Gasteiger partial charge in [-0.1, -0.05) is 32.4 Å². The van der Waals surface area contributed by atoms with Gasteiger partial charge < -0.3 is 5.73 Å². The lowest BCUT2D eigenvalue weighted by molar-refractivity contribution is 0.216. The van der Waals surface area contributed by atoms with Gasteiger partial charge in [-0.15, -0.1) is 0 Å². The van der Waals surface area contributed by atoms with Crippen molar-refractivity contribution in [3.8, 4) is 0 Å². The van der Waals surface area contributed by atoms with E-state index in [1.54, 1.807) is 0 Å². The van der Waals surface area contributed by atoms with E-state index in [9.17, 15) is 0 Å². The Labute approximate surface area is 82.8 Å². The van der Waals surface area contributed by atoms with E-state index in [0.717, 1.165) is 19.6 Å². The molecule has 0 amide bonds. The molecular weight excluding hydrogens is 160 g/mol. The van der Waals surface area contributed by atoms with Crippen molar-refractivity contribution < 1.29 is 0 Å². The average Bonchev–Trinajstić information content (AvgIpc) is 2.10. The molecule has 13 heavy (non-hydrogen) atoms. The smallest absolute Gasteiger partial charge is 0.0221 e. The van der Waals surface area contributed by atoms with Crippen LogP contribution in [0.25, 0.3) is 0 Å². The van der Waals surface area contributed by atoms with Gasteiger partial charge >= 0.3 is 0 Å². The first-order chi connectivity index (χ1) is 6.15. The van der Waals surface area contributed by atoms with E-state index in [1.807, 2.05) is 0 Å². The summed E-state index contributed by atoms with van der Waals surface area (Å²) in [6.45, 7) is 13.2. The van der Waals surface area contributed by atoms with Crippen molar-refractivity contribution in [1.82, 2.24) is 4.90 Å². The van der Waals surface area contributed by atoms with Gasteiger partial charge in [-0.05, 0) is 19.9 Å². The maximum atomic E-state index is 5.74. The summed E-state index contributed by atoms with van der Waals surface area (Å²) < 4.78 is 0. The molecule has 0 aromatic heterocycles. The first-order valence-corrected chi connectivity index (χ1v) is 5.24. The van der Waals surface area contributed by atoms with Gasteiger partial charge in [0, 0.05) is 19.1 Å². The Hall–Kier alpha value is -0.340. The van der Waals surface area contributed by atoms with Crippen LogP contribution < -0.4 is 5.73 Å². The van der Waals surface area contributed by atoms with Crippen molar-refractivity contribution in [1.29, 1.82) is 0 Å². The number of rotatable bonds is 7. The fourth-order valence-electron chi connectivity index (χ4n) is 1.63. The number of nitrogens with two attached hydrogens (primary N) is 1. The second-order valence-corrected chi connectivity index (χ2v) is 3.70. The quantitative estimate of drug-likeness (QED) is 0.613. The summed E-state index contributed by atoms with van der Waals surface area (Å²) in [7, 11) is 0. The van der Waals surface area contributed by atoms with E-state index in [2.05, 4.69) is 32.3 Å². The van der Waals surface area contributed by atoms with Crippen molar-refractivity contribution in [3.05, 3.63) is 12.2 Å². The molecule has 0 radical (unpaired) electrons. The molecule has 0 saturated carbocycles. The lowest BCUT2D eigenvalue weighted by Crippen LogP contribution is -2.41. The van der Waals surface area contributed by atoms with Crippen LogP contribution in [0.4, 0.5) is 0 Å². The second-order valence-electron chi connectivity index (χ2n) is 3.70. The maximum Gasteiger partial charge on any atom is 0.0221 e. The van der Waals surface area contributed by atoms with Crippen molar-refractivity contribution >= 4 is 0 Å². The molecule has 0 bridgehead atoms. The van der Waals surface area contributed by atoms with Crippen molar-refractivity contribution in [2.24, 2.45) is 5.73 Å². The van der Waals surface area contributed by atoms with E-state index >= 15 is 0 Å². The number of hydrogen-bond donors (Lipinski definition) is 1. The highest BCUT2D eigenvalue weighted by molar-refractivity contribution is 4.93. The Balaban J connectivity index is 4.07. The van der Waals surface area contributed by atoms with E-state index in [0.29, 0.717) is 6.04 Å². The van der Waals surface area contributed by atoms with Gasteiger partial charge in [0.1, 0.15) is 0 Å². The van der Waals surface area contributed by atoms with Gasteiger partial charge in [0.15, 0.2) is 0 Å². The molecule has 0 rings (SSSR count). The minimum absolute atomic E-state index is 0.534. The highest BCUT2D eigenvalue weighted by Gasteiger charge is 2.13. The predicted octanol–water partition coefficient (Wildman–Crippen LogP) is 2.01. The standard InChI is InChI=1S/C11H24N2/c1-5-7-11(8-12)13(6-2)9-10(3)4/h11H,3,5-9,12H2,1-2,4H3. The minimum Gasteiger partial charge on any atom is -0.329 e. The van der Waals surface area contributed by atoms with Gasteiger partial charge in [-0.25, -0.2) is 0 Å². The highest BCUT2D eigenvalue weighted by Crippen LogP contribution is 2.07. The molecule has 1 unspecified atom stereocenters. The monoisotopic (exact) mass is 184 g/mol. The topological polar surface area (TPSA) is 29.3 Å². The van der Waals surface area contributed by atoms with Gasteiger partial charge in [-0.2, -0.15) is 0 Å². The Morgan fingerprint density at radius 1 is 1.46 bits per heavy atom. The first-order valence-electron chi connectivity index (χ1n) is 5.24. The van der Waals surface area contributed by atoms with Crippen LogP contribution in [-0.2, 0) is 0 Å². The van der Waals surface area contributed by atoms with Crippen LogP contribution in [0.5, 0.6) is 0 Å². The summed E-state index contributed by atoms with van der Waals surface area (Å²) in [5.41, 5.74) is 6.96. The SMILES string of the molecule is C=C(C)CN(CC)C(CN)CCC. The number of hydrogen-bond acceptors (Lipinski definition) is 2. The highest BCUT2D eigenvalue weighted by atomic mass is 15.2. The fourth-order valence-corrected chi connectivity index (χ4v) is 1.63. The largest absolute Gasteiger partial charge is 0.329 e. The minimum atomic E-state index is 0.534. The zero-order valence-electron chi connectivity index (χ0n) is 9.34.